The van der Waals surface area contributed by atoms with Crippen molar-refractivity contribution in [3.63, 3.8) is 0 Å². The molecule has 0 bridgehead atoms. The van der Waals surface area contributed by atoms with Gasteiger partial charge in [0.05, 0.1) is 18.8 Å². The molecule has 12 heteroatoms. The van der Waals surface area contributed by atoms with Crippen molar-refractivity contribution < 1.29 is 57.0 Å². The lowest BCUT2D eigenvalue weighted by molar-refractivity contribution is -0.385. The van der Waals surface area contributed by atoms with E-state index in [4.69, 9.17) is 47.4 Å². The Labute approximate surface area is 271 Å². The van der Waals surface area contributed by atoms with E-state index in [2.05, 4.69) is 0 Å². The van der Waals surface area contributed by atoms with E-state index in [1.165, 1.54) is 7.11 Å². The smallest absolute Gasteiger partial charge is 0.459 e. The second kappa shape index (κ2) is 14.5. The number of carbonyl (C=O) groups is 2. The first kappa shape index (κ1) is 31.7. The topological polar surface area (TPSA) is 126 Å². The van der Waals surface area contributed by atoms with Crippen molar-refractivity contribution >= 4 is 12.1 Å². The number of fused-ring (bicyclic) bond motifs is 2. The third-order valence-electron chi connectivity index (χ3n) is 8.53. The molecule has 3 aromatic rings. The number of benzene rings is 3. The van der Waals surface area contributed by atoms with Crippen molar-refractivity contribution in [2.75, 3.05) is 20.3 Å². The van der Waals surface area contributed by atoms with Crippen LogP contribution in [-0.4, -0.2) is 87.8 Å². The van der Waals surface area contributed by atoms with E-state index in [0.717, 1.165) is 11.1 Å². The molecule has 0 spiro atoms. The summed E-state index contributed by atoms with van der Waals surface area (Å²) in [4.78, 5) is 24.8. The zero-order chi connectivity index (χ0) is 32.2. The first-order chi connectivity index (χ1) is 23.1. The number of methoxy groups -OCH3 is 1. The van der Waals surface area contributed by atoms with Gasteiger partial charge in [-0.15, -0.1) is 0 Å². The Morgan fingerprint density at radius 3 is 2.28 bits per heavy atom. The molecule has 4 fully saturated rings. The summed E-state index contributed by atoms with van der Waals surface area (Å²) in [6.07, 6.45) is -8.09. The molecule has 0 aromatic heterocycles. The summed E-state index contributed by atoms with van der Waals surface area (Å²) in [5.74, 6) is -0.538. The van der Waals surface area contributed by atoms with E-state index in [-0.39, 0.29) is 26.2 Å². The summed E-state index contributed by atoms with van der Waals surface area (Å²) in [6, 6.07) is 28.0. The number of hydrogen-bond donors (Lipinski definition) is 0. The fraction of sp³-hybridized carbons (Fsp3) is 0.429. The molecule has 0 N–H and O–H groups in total. The monoisotopic (exact) mass is 648 g/mol. The van der Waals surface area contributed by atoms with E-state index < -0.39 is 73.7 Å². The highest BCUT2D eigenvalue weighted by molar-refractivity contribution is 5.89. The minimum absolute atomic E-state index is 0.155. The summed E-state index contributed by atoms with van der Waals surface area (Å²) < 4.78 is 60.4. The molecule has 0 amide bonds. The van der Waals surface area contributed by atoms with Crippen LogP contribution in [0.2, 0.25) is 0 Å². The minimum Gasteiger partial charge on any atom is -0.459 e. The van der Waals surface area contributed by atoms with Gasteiger partial charge in [0.2, 0.25) is 0 Å². The predicted molar refractivity (Wildman–Crippen MR) is 161 cm³/mol. The fourth-order valence-corrected chi connectivity index (χ4v) is 6.25. The van der Waals surface area contributed by atoms with Crippen LogP contribution in [0.4, 0.5) is 4.79 Å². The number of ether oxygens (including phenoxy) is 10. The standard InChI is InChI=1S/C35H36O12/c1-38-34-31(45-27-17-24-28(47-35(37)44-24)25(42-27)19-40-32(36)22-13-7-3-8-14-22)30(39-18-21-11-5-2-6-12-21)29-26(43-34)20-41-33(46-29)23-15-9-4-10-16-23/h2-16,24-31,33-34H,17-20H2,1H3/t24-,25-,26-,27-,28+,29-,30+,31-,33?,34-/m1/s1. The van der Waals surface area contributed by atoms with Crippen LogP contribution in [0.3, 0.4) is 0 Å². The molecule has 4 saturated heterocycles. The summed E-state index contributed by atoms with van der Waals surface area (Å²) in [5.41, 5.74) is 2.20. The summed E-state index contributed by atoms with van der Waals surface area (Å²) in [5, 5.41) is 0. The first-order valence-electron chi connectivity index (χ1n) is 15.6. The van der Waals surface area contributed by atoms with Crippen LogP contribution in [0.5, 0.6) is 0 Å². The lowest BCUT2D eigenvalue weighted by Crippen LogP contribution is -2.64. The molecule has 0 radical (unpaired) electrons. The molecule has 248 valence electrons. The van der Waals surface area contributed by atoms with E-state index in [1.54, 1.807) is 30.3 Å². The number of hydrogen-bond acceptors (Lipinski definition) is 12. The Bertz CT molecular complexity index is 1470. The Hall–Kier alpha value is -3.88. The molecule has 0 aliphatic carbocycles. The maximum Gasteiger partial charge on any atom is 0.509 e. The summed E-state index contributed by atoms with van der Waals surface area (Å²) >= 11 is 0. The van der Waals surface area contributed by atoms with Crippen LogP contribution in [0, 0.1) is 0 Å². The number of carbonyl (C=O) groups excluding carboxylic acids is 2. The number of rotatable bonds is 10. The van der Waals surface area contributed by atoms with Gasteiger partial charge in [-0.3, -0.25) is 0 Å². The summed E-state index contributed by atoms with van der Waals surface area (Å²) in [7, 11) is 1.52. The van der Waals surface area contributed by atoms with Crippen LogP contribution in [-0.2, 0) is 54.0 Å². The first-order valence-corrected chi connectivity index (χ1v) is 15.6. The zero-order valence-corrected chi connectivity index (χ0v) is 25.7. The van der Waals surface area contributed by atoms with Gasteiger partial charge in [0.15, 0.2) is 25.0 Å². The Kier molecular flexibility index (Phi) is 9.77. The molecule has 1 unspecified atom stereocenters. The zero-order valence-electron chi connectivity index (χ0n) is 25.7. The average Bonchev–Trinajstić information content (AvgIpc) is 3.50. The lowest BCUT2D eigenvalue weighted by Gasteiger charge is -2.49. The molecular formula is C35H36O12. The molecule has 4 heterocycles. The van der Waals surface area contributed by atoms with Gasteiger partial charge in [0.1, 0.15) is 43.2 Å². The van der Waals surface area contributed by atoms with E-state index in [1.807, 2.05) is 60.7 Å². The van der Waals surface area contributed by atoms with Crippen molar-refractivity contribution in [3.8, 4) is 0 Å². The molecule has 4 aliphatic heterocycles. The van der Waals surface area contributed by atoms with E-state index >= 15 is 0 Å². The predicted octanol–water partition coefficient (Wildman–Crippen LogP) is 4.32. The molecular weight excluding hydrogens is 612 g/mol. The SMILES string of the molecule is CO[C@@H]1O[C@@H]2COC(c3ccccc3)O[C@H]2[C@H](OCc2ccccc2)[C@H]1O[C@@H]1C[C@H]2OC(=O)O[C@@H]2[C@@H](COC(=O)c2ccccc2)O1. The van der Waals surface area contributed by atoms with Crippen LogP contribution in [0.1, 0.15) is 34.2 Å². The molecule has 3 aromatic carbocycles. The lowest BCUT2D eigenvalue weighted by atomic mass is 9.96. The molecule has 7 rings (SSSR count). The van der Waals surface area contributed by atoms with Crippen LogP contribution >= 0.6 is 0 Å². The van der Waals surface area contributed by atoms with Crippen molar-refractivity contribution in [3.05, 3.63) is 108 Å². The van der Waals surface area contributed by atoms with Gasteiger partial charge >= 0.3 is 12.1 Å². The average molecular weight is 649 g/mol. The van der Waals surface area contributed by atoms with Gasteiger partial charge in [-0.1, -0.05) is 78.9 Å². The van der Waals surface area contributed by atoms with Crippen molar-refractivity contribution in [1.82, 2.24) is 0 Å². The van der Waals surface area contributed by atoms with Gasteiger partial charge in [-0.25, -0.2) is 9.59 Å². The quantitative estimate of drug-likeness (QED) is 0.291. The Morgan fingerprint density at radius 2 is 1.53 bits per heavy atom. The Balaban J connectivity index is 1.11. The maximum atomic E-state index is 12.7. The Morgan fingerprint density at radius 1 is 0.809 bits per heavy atom. The van der Waals surface area contributed by atoms with E-state index in [9.17, 15) is 9.59 Å². The van der Waals surface area contributed by atoms with Crippen LogP contribution in [0.15, 0.2) is 91.0 Å². The van der Waals surface area contributed by atoms with Gasteiger partial charge in [0, 0.05) is 19.1 Å². The second-order valence-corrected chi connectivity index (χ2v) is 11.6. The van der Waals surface area contributed by atoms with Crippen molar-refractivity contribution in [2.45, 2.75) is 74.6 Å². The normalized spacial score (nSPS) is 33.2. The molecule has 12 nitrogen and oxygen atoms in total. The summed E-state index contributed by atoms with van der Waals surface area (Å²) in [6.45, 7) is 0.316. The van der Waals surface area contributed by atoms with Crippen molar-refractivity contribution in [2.24, 2.45) is 0 Å². The van der Waals surface area contributed by atoms with E-state index in [0.29, 0.717) is 5.56 Å². The second-order valence-electron chi connectivity index (χ2n) is 11.6. The van der Waals surface area contributed by atoms with Gasteiger partial charge in [0.25, 0.3) is 0 Å². The highest BCUT2D eigenvalue weighted by Gasteiger charge is 2.55. The van der Waals surface area contributed by atoms with Gasteiger partial charge in [-0.05, 0) is 17.7 Å². The molecule has 47 heavy (non-hydrogen) atoms. The van der Waals surface area contributed by atoms with Crippen molar-refractivity contribution in [1.29, 1.82) is 0 Å². The van der Waals surface area contributed by atoms with Crippen LogP contribution < -0.4 is 0 Å². The fourth-order valence-electron chi connectivity index (χ4n) is 6.25. The molecule has 0 saturated carbocycles. The largest absolute Gasteiger partial charge is 0.509 e. The highest BCUT2D eigenvalue weighted by Crippen LogP contribution is 2.39. The van der Waals surface area contributed by atoms with Crippen LogP contribution in [0.25, 0.3) is 0 Å². The minimum atomic E-state index is -0.929. The highest BCUT2D eigenvalue weighted by atomic mass is 16.8. The third-order valence-corrected chi connectivity index (χ3v) is 8.53. The maximum absolute atomic E-state index is 12.7. The number of esters is 1. The van der Waals surface area contributed by atoms with Gasteiger partial charge in [-0.2, -0.15) is 0 Å². The molecule has 10 atom stereocenters. The molecule has 4 aliphatic rings. The third kappa shape index (κ3) is 7.19. The van der Waals surface area contributed by atoms with Gasteiger partial charge < -0.3 is 47.4 Å².